The van der Waals surface area contributed by atoms with E-state index < -0.39 is 5.97 Å². The number of carboxylic acids is 1. The molecule has 0 bridgehead atoms. The number of rotatable bonds is 6. The maximum absolute atomic E-state index is 11.1. The highest BCUT2D eigenvalue weighted by Gasteiger charge is 2.11. The van der Waals surface area contributed by atoms with Crippen LogP contribution >= 0.6 is 0 Å². The van der Waals surface area contributed by atoms with E-state index in [1.165, 1.54) is 17.8 Å². The van der Waals surface area contributed by atoms with Gasteiger partial charge < -0.3 is 10.4 Å². The molecule has 2 N–H and O–H groups in total. The molecule has 1 atom stereocenters. The Balaban J connectivity index is 1.95. The number of aromatic carboxylic acids is 1. The van der Waals surface area contributed by atoms with E-state index >= 15 is 0 Å². The molecule has 4 nitrogen and oxygen atoms in total. The van der Waals surface area contributed by atoms with Gasteiger partial charge in [-0.3, -0.25) is 4.98 Å². The molecule has 0 amide bonds. The van der Waals surface area contributed by atoms with E-state index in [0.717, 1.165) is 12.8 Å². The number of hydrogen-bond acceptors (Lipinski definition) is 3. The number of nitrogens with one attached hydrogen (secondary N) is 1. The van der Waals surface area contributed by atoms with E-state index in [2.05, 4.69) is 22.4 Å². The van der Waals surface area contributed by atoms with Gasteiger partial charge in [0.1, 0.15) is 0 Å². The van der Waals surface area contributed by atoms with E-state index in [-0.39, 0.29) is 11.6 Å². The standard InChI is InChI=1S/C16H18N2O2/c1-12(7-8-13-5-3-2-4-6-13)18-15-11-17-10-9-14(15)16(19)20/h2-6,9-12,18H,7-8H2,1H3,(H,19,20). The maximum Gasteiger partial charge on any atom is 0.337 e. The Morgan fingerprint density at radius 1 is 1.30 bits per heavy atom. The third-order valence-electron chi connectivity index (χ3n) is 3.16. The average Bonchev–Trinajstić information content (AvgIpc) is 2.46. The summed E-state index contributed by atoms with van der Waals surface area (Å²) in [5.74, 6) is -0.940. The van der Waals surface area contributed by atoms with Gasteiger partial charge >= 0.3 is 5.97 Å². The average molecular weight is 270 g/mol. The predicted molar refractivity (Wildman–Crippen MR) is 79.0 cm³/mol. The molecule has 20 heavy (non-hydrogen) atoms. The molecule has 0 saturated heterocycles. The van der Waals surface area contributed by atoms with Crippen LogP contribution in [-0.4, -0.2) is 22.1 Å². The first-order valence-corrected chi connectivity index (χ1v) is 6.64. The van der Waals surface area contributed by atoms with Crippen LogP contribution in [0, 0.1) is 0 Å². The molecule has 1 aromatic carbocycles. The van der Waals surface area contributed by atoms with E-state index in [4.69, 9.17) is 5.11 Å². The number of carbonyl (C=O) groups is 1. The van der Waals surface area contributed by atoms with Crippen LogP contribution < -0.4 is 5.32 Å². The van der Waals surface area contributed by atoms with E-state index in [1.54, 1.807) is 6.20 Å². The summed E-state index contributed by atoms with van der Waals surface area (Å²) in [4.78, 5) is 15.1. The highest BCUT2D eigenvalue weighted by atomic mass is 16.4. The maximum atomic E-state index is 11.1. The van der Waals surface area contributed by atoms with E-state index in [1.807, 2.05) is 25.1 Å². The van der Waals surface area contributed by atoms with Crippen molar-refractivity contribution in [3.63, 3.8) is 0 Å². The first kappa shape index (κ1) is 14.1. The van der Waals surface area contributed by atoms with Crippen LogP contribution in [0.1, 0.15) is 29.3 Å². The number of hydrogen-bond donors (Lipinski definition) is 2. The molecule has 1 aromatic heterocycles. The van der Waals surface area contributed by atoms with Crippen molar-refractivity contribution < 1.29 is 9.90 Å². The second kappa shape index (κ2) is 6.70. The van der Waals surface area contributed by atoms with Crippen LogP contribution in [0.5, 0.6) is 0 Å². The lowest BCUT2D eigenvalue weighted by Crippen LogP contribution is -2.18. The summed E-state index contributed by atoms with van der Waals surface area (Å²) in [6, 6.07) is 11.9. The Labute approximate surface area is 118 Å². The molecule has 0 radical (unpaired) electrons. The van der Waals surface area contributed by atoms with Crippen molar-refractivity contribution in [2.24, 2.45) is 0 Å². The van der Waals surface area contributed by atoms with Gasteiger partial charge in [-0.15, -0.1) is 0 Å². The topological polar surface area (TPSA) is 62.2 Å². The first-order chi connectivity index (χ1) is 9.66. The summed E-state index contributed by atoms with van der Waals surface area (Å²) in [5, 5.41) is 12.3. The van der Waals surface area contributed by atoms with Crippen molar-refractivity contribution in [3.05, 3.63) is 59.9 Å². The summed E-state index contributed by atoms with van der Waals surface area (Å²) in [6.45, 7) is 2.04. The van der Waals surface area contributed by atoms with Gasteiger partial charge in [0.2, 0.25) is 0 Å². The summed E-state index contributed by atoms with van der Waals surface area (Å²) in [5.41, 5.74) is 2.11. The highest BCUT2D eigenvalue weighted by molar-refractivity contribution is 5.93. The number of benzene rings is 1. The minimum Gasteiger partial charge on any atom is -0.478 e. The predicted octanol–water partition coefficient (Wildman–Crippen LogP) is 3.21. The van der Waals surface area contributed by atoms with Gasteiger partial charge in [0.05, 0.1) is 17.4 Å². The number of pyridine rings is 1. The Morgan fingerprint density at radius 3 is 2.75 bits per heavy atom. The second-order valence-corrected chi connectivity index (χ2v) is 4.80. The molecule has 0 aliphatic heterocycles. The minimum absolute atomic E-state index is 0.178. The van der Waals surface area contributed by atoms with Gasteiger partial charge in [0, 0.05) is 12.2 Å². The fourth-order valence-electron chi connectivity index (χ4n) is 2.06. The largest absolute Gasteiger partial charge is 0.478 e. The fourth-order valence-corrected chi connectivity index (χ4v) is 2.06. The zero-order valence-electron chi connectivity index (χ0n) is 11.4. The highest BCUT2D eigenvalue weighted by Crippen LogP contribution is 2.16. The minimum atomic E-state index is -0.940. The molecule has 2 rings (SSSR count). The Kier molecular flexibility index (Phi) is 4.71. The Morgan fingerprint density at radius 2 is 2.05 bits per heavy atom. The SMILES string of the molecule is CC(CCc1ccccc1)Nc1cnccc1C(=O)O. The number of nitrogens with zero attached hydrogens (tertiary/aromatic N) is 1. The molecule has 1 heterocycles. The molecule has 0 saturated carbocycles. The van der Waals surface area contributed by atoms with Crippen LogP contribution in [-0.2, 0) is 6.42 Å². The lowest BCUT2D eigenvalue weighted by molar-refractivity contribution is 0.0698. The van der Waals surface area contributed by atoms with Gasteiger partial charge in [0.15, 0.2) is 0 Å². The number of aromatic nitrogens is 1. The van der Waals surface area contributed by atoms with Crippen molar-refractivity contribution in [1.29, 1.82) is 0 Å². The molecule has 0 spiro atoms. The van der Waals surface area contributed by atoms with Crippen LogP contribution in [0.15, 0.2) is 48.8 Å². The van der Waals surface area contributed by atoms with Gasteiger partial charge in [-0.2, -0.15) is 0 Å². The van der Waals surface area contributed by atoms with Crippen molar-refractivity contribution in [2.45, 2.75) is 25.8 Å². The number of carboxylic acid groups (broad SMARTS) is 1. The lowest BCUT2D eigenvalue weighted by Gasteiger charge is -2.16. The number of anilines is 1. The molecule has 0 aliphatic rings. The van der Waals surface area contributed by atoms with Gasteiger partial charge in [-0.25, -0.2) is 4.79 Å². The Hall–Kier alpha value is -2.36. The van der Waals surface area contributed by atoms with Crippen molar-refractivity contribution in [2.75, 3.05) is 5.32 Å². The molecule has 1 unspecified atom stereocenters. The lowest BCUT2D eigenvalue weighted by atomic mass is 10.1. The third kappa shape index (κ3) is 3.82. The van der Waals surface area contributed by atoms with Crippen LogP contribution in [0.2, 0.25) is 0 Å². The summed E-state index contributed by atoms with van der Waals surface area (Å²) in [7, 11) is 0. The zero-order valence-corrected chi connectivity index (χ0v) is 11.4. The molecular formula is C16H18N2O2. The van der Waals surface area contributed by atoms with Gasteiger partial charge in [-0.1, -0.05) is 30.3 Å². The van der Waals surface area contributed by atoms with Gasteiger partial charge in [-0.05, 0) is 31.4 Å². The van der Waals surface area contributed by atoms with Crippen molar-refractivity contribution >= 4 is 11.7 Å². The van der Waals surface area contributed by atoms with Crippen LogP contribution in [0.3, 0.4) is 0 Å². The normalized spacial score (nSPS) is 11.8. The fraction of sp³-hybridized carbons (Fsp3) is 0.250. The Bertz CT molecular complexity index is 570. The monoisotopic (exact) mass is 270 g/mol. The van der Waals surface area contributed by atoms with Gasteiger partial charge in [0.25, 0.3) is 0 Å². The third-order valence-corrected chi connectivity index (χ3v) is 3.16. The first-order valence-electron chi connectivity index (χ1n) is 6.64. The summed E-state index contributed by atoms with van der Waals surface area (Å²) >= 11 is 0. The summed E-state index contributed by atoms with van der Waals surface area (Å²) in [6.07, 6.45) is 4.93. The molecule has 104 valence electrons. The second-order valence-electron chi connectivity index (χ2n) is 4.80. The van der Waals surface area contributed by atoms with Crippen LogP contribution in [0.4, 0.5) is 5.69 Å². The molecular weight excluding hydrogens is 252 g/mol. The molecule has 4 heteroatoms. The summed E-state index contributed by atoms with van der Waals surface area (Å²) < 4.78 is 0. The van der Waals surface area contributed by atoms with Crippen molar-refractivity contribution in [1.82, 2.24) is 4.98 Å². The van der Waals surface area contributed by atoms with Crippen molar-refractivity contribution in [3.8, 4) is 0 Å². The van der Waals surface area contributed by atoms with Crippen LogP contribution in [0.25, 0.3) is 0 Å². The molecule has 0 aliphatic carbocycles. The number of aryl methyl sites for hydroxylation is 1. The molecule has 0 fully saturated rings. The molecule has 2 aromatic rings. The smallest absolute Gasteiger partial charge is 0.337 e. The van der Waals surface area contributed by atoms with E-state index in [0.29, 0.717) is 5.69 Å². The zero-order chi connectivity index (χ0) is 14.4. The van der Waals surface area contributed by atoms with E-state index in [9.17, 15) is 4.79 Å². The quantitative estimate of drug-likeness (QED) is 0.846.